The molecule has 2 aromatic carbocycles. The Morgan fingerprint density at radius 1 is 1.08 bits per heavy atom. The van der Waals surface area contributed by atoms with Crippen molar-refractivity contribution in [3.8, 4) is 0 Å². The minimum atomic E-state index is -3.73. The van der Waals surface area contributed by atoms with Gasteiger partial charge in [-0.3, -0.25) is 4.79 Å². The van der Waals surface area contributed by atoms with Crippen LogP contribution in [0.2, 0.25) is 0 Å². The maximum Gasteiger partial charge on any atom is 0.255 e. The van der Waals surface area contributed by atoms with E-state index in [1.807, 2.05) is 0 Å². The predicted octanol–water partition coefficient (Wildman–Crippen LogP) is 2.50. The first kappa shape index (κ1) is 19.8. The van der Waals surface area contributed by atoms with Crippen LogP contribution >= 0.6 is 0 Å². The number of anilines is 2. The maximum absolute atomic E-state index is 14.0. The molecule has 0 aliphatic rings. The summed E-state index contributed by atoms with van der Waals surface area (Å²) >= 11 is 0. The van der Waals surface area contributed by atoms with Crippen LogP contribution in [0.5, 0.6) is 0 Å². The van der Waals surface area contributed by atoms with Crippen molar-refractivity contribution in [1.29, 1.82) is 0 Å². The molecule has 0 spiro atoms. The van der Waals surface area contributed by atoms with Gasteiger partial charge in [-0.15, -0.1) is 0 Å². The predicted molar refractivity (Wildman–Crippen MR) is 96.1 cm³/mol. The molecular formula is C17H19F2N3O3S. The van der Waals surface area contributed by atoms with Gasteiger partial charge in [-0.05, 0) is 43.8 Å². The number of hydrogen-bond acceptors (Lipinski definition) is 4. The molecule has 9 heteroatoms. The lowest BCUT2D eigenvalue weighted by Gasteiger charge is -2.16. The van der Waals surface area contributed by atoms with E-state index in [0.717, 1.165) is 12.1 Å². The summed E-state index contributed by atoms with van der Waals surface area (Å²) in [5, 5.41) is 2.39. The van der Waals surface area contributed by atoms with E-state index in [1.54, 1.807) is 6.92 Å². The lowest BCUT2D eigenvalue weighted by Crippen LogP contribution is -2.20. The SMILES string of the molecule is CNS(=O)(=O)c1ccc(C)c(C(=O)Nc2cc(F)c(N(C)C)c(F)c2)c1. The fraction of sp³-hybridized carbons (Fsp3) is 0.235. The van der Waals surface area contributed by atoms with Crippen molar-refractivity contribution in [3.05, 3.63) is 53.1 Å². The molecule has 140 valence electrons. The quantitative estimate of drug-likeness (QED) is 0.832. The Hall–Kier alpha value is -2.52. The fourth-order valence-corrected chi connectivity index (χ4v) is 3.15. The molecule has 0 fully saturated rings. The van der Waals surface area contributed by atoms with Crippen molar-refractivity contribution in [2.75, 3.05) is 31.4 Å². The number of rotatable bonds is 5. The van der Waals surface area contributed by atoms with Crippen molar-refractivity contribution in [3.63, 3.8) is 0 Å². The molecule has 2 N–H and O–H groups in total. The Bertz CT molecular complexity index is 937. The van der Waals surface area contributed by atoms with Gasteiger partial charge in [0.2, 0.25) is 10.0 Å². The summed E-state index contributed by atoms with van der Waals surface area (Å²) in [6.07, 6.45) is 0. The number of amides is 1. The Balaban J connectivity index is 2.38. The van der Waals surface area contributed by atoms with Gasteiger partial charge >= 0.3 is 0 Å². The molecule has 0 aliphatic carbocycles. The highest BCUT2D eigenvalue weighted by molar-refractivity contribution is 7.89. The van der Waals surface area contributed by atoms with Crippen molar-refractivity contribution in [2.45, 2.75) is 11.8 Å². The van der Waals surface area contributed by atoms with Crippen LogP contribution in [0.3, 0.4) is 0 Å². The highest BCUT2D eigenvalue weighted by atomic mass is 32.2. The van der Waals surface area contributed by atoms with E-state index in [9.17, 15) is 22.0 Å². The largest absolute Gasteiger partial charge is 0.373 e. The molecule has 2 aromatic rings. The molecule has 0 saturated heterocycles. The summed E-state index contributed by atoms with van der Waals surface area (Å²) in [7, 11) is 0.522. The molecule has 26 heavy (non-hydrogen) atoms. The molecule has 2 rings (SSSR count). The number of aryl methyl sites for hydroxylation is 1. The van der Waals surface area contributed by atoms with E-state index >= 15 is 0 Å². The Morgan fingerprint density at radius 3 is 2.15 bits per heavy atom. The van der Waals surface area contributed by atoms with Crippen LogP contribution in [0.1, 0.15) is 15.9 Å². The van der Waals surface area contributed by atoms with Crippen LogP contribution in [0.25, 0.3) is 0 Å². The van der Waals surface area contributed by atoms with Gasteiger partial charge in [0.1, 0.15) is 5.69 Å². The van der Waals surface area contributed by atoms with Gasteiger partial charge in [-0.1, -0.05) is 6.07 Å². The van der Waals surface area contributed by atoms with Crippen LogP contribution in [0, 0.1) is 18.6 Å². The lowest BCUT2D eigenvalue weighted by molar-refractivity contribution is 0.102. The van der Waals surface area contributed by atoms with Gasteiger partial charge in [0.25, 0.3) is 5.91 Å². The molecule has 0 aliphatic heterocycles. The summed E-state index contributed by atoms with van der Waals surface area (Å²) in [5.41, 5.74) is 0.306. The molecule has 6 nitrogen and oxygen atoms in total. The van der Waals surface area contributed by atoms with Crippen molar-refractivity contribution in [1.82, 2.24) is 4.72 Å². The molecular weight excluding hydrogens is 364 g/mol. The summed E-state index contributed by atoms with van der Waals surface area (Å²) in [4.78, 5) is 13.7. The molecule has 0 bridgehead atoms. The van der Waals surface area contributed by atoms with Crippen LogP contribution in [0.4, 0.5) is 20.2 Å². The number of carbonyl (C=O) groups is 1. The number of hydrogen-bond donors (Lipinski definition) is 2. The van der Waals surface area contributed by atoms with E-state index in [0.29, 0.717) is 5.56 Å². The first-order valence-electron chi connectivity index (χ1n) is 7.58. The number of halogens is 2. The van der Waals surface area contributed by atoms with Crippen molar-refractivity contribution in [2.24, 2.45) is 0 Å². The summed E-state index contributed by atoms with van der Waals surface area (Å²) in [6.45, 7) is 1.63. The van der Waals surface area contributed by atoms with Crippen LogP contribution in [0.15, 0.2) is 35.2 Å². The molecule has 0 atom stereocenters. The standard InChI is InChI=1S/C17H19F2N3O3S/c1-10-5-6-12(26(24,25)20-2)9-13(10)17(23)21-11-7-14(18)16(22(3)4)15(19)8-11/h5-9,20H,1-4H3,(H,21,23). The van der Waals surface area contributed by atoms with Crippen molar-refractivity contribution >= 4 is 27.3 Å². The highest BCUT2D eigenvalue weighted by Crippen LogP contribution is 2.26. The number of sulfonamides is 1. The van der Waals surface area contributed by atoms with Gasteiger partial charge in [0, 0.05) is 25.3 Å². The molecule has 0 aromatic heterocycles. The van der Waals surface area contributed by atoms with Gasteiger partial charge in [0.15, 0.2) is 11.6 Å². The third kappa shape index (κ3) is 4.00. The molecule has 0 saturated carbocycles. The zero-order chi connectivity index (χ0) is 19.6. The number of nitrogens with zero attached hydrogens (tertiary/aromatic N) is 1. The van der Waals surface area contributed by atoms with Crippen LogP contribution in [-0.4, -0.2) is 35.5 Å². The third-order valence-electron chi connectivity index (χ3n) is 3.75. The molecule has 0 radical (unpaired) electrons. The van der Waals surface area contributed by atoms with E-state index in [-0.39, 0.29) is 21.8 Å². The average molecular weight is 383 g/mol. The molecule has 0 unspecified atom stereocenters. The summed E-state index contributed by atoms with van der Waals surface area (Å²) in [5.74, 6) is -2.32. The second kappa shape index (κ2) is 7.38. The third-order valence-corrected chi connectivity index (χ3v) is 5.17. The van der Waals surface area contributed by atoms with E-state index in [1.165, 1.54) is 44.2 Å². The van der Waals surface area contributed by atoms with Gasteiger partial charge in [-0.2, -0.15) is 0 Å². The lowest BCUT2D eigenvalue weighted by atomic mass is 10.1. The summed E-state index contributed by atoms with van der Waals surface area (Å²) in [6, 6.07) is 6.05. The normalized spacial score (nSPS) is 11.3. The first-order chi connectivity index (χ1) is 12.1. The van der Waals surface area contributed by atoms with Crippen molar-refractivity contribution < 1.29 is 22.0 Å². The van der Waals surface area contributed by atoms with Crippen LogP contribution < -0.4 is 14.9 Å². The Morgan fingerprint density at radius 2 is 1.65 bits per heavy atom. The van der Waals surface area contributed by atoms with E-state index in [4.69, 9.17) is 0 Å². The topological polar surface area (TPSA) is 78.5 Å². The van der Waals surface area contributed by atoms with E-state index in [2.05, 4.69) is 10.0 Å². The zero-order valence-corrected chi connectivity index (χ0v) is 15.5. The van der Waals surface area contributed by atoms with Gasteiger partial charge in [-0.25, -0.2) is 21.9 Å². The fourth-order valence-electron chi connectivity index (χ4n) is 2.39. The highest BCUT2D eigenvalue weighted by Gasteiger charge is 2.18. The number of nitrogens with one attached hydrogen (secondary N) is 2. The number of benzene rings is 2. The minimum absolute atomic E-state index is 0.0723. The van der Waals surface area contributed by atoms with E-state index < -0.39 is 27.6 Å². The summed E-state index contributed by atoms with van der Waals surface area (Å²) < 4.78 is 54.0. The average Bonchev–Trinajstić information content (AvgIpc) is 2.53. The smallest absolute Gasteiger partial charge is 0.255 e. The second-order valence-electron chi connectivity index (χ2n) is 5.82. The monoisotopic (exact) mass is 383 g/mol. The first-order valence-corrected chi connectivity index (χ1v) is 9.07. The second-order valence-corrected chi connectivity index (χ2v) is 7.71. The van der Waals surface area contributed by atoms with Gasteiger partial charge in [0.05, 0.1) is 4.90 Å². The minimum Gasteiger partial charge on any atom is -0.373 e. The Kier molecular flexibility index (Phi) is 5.62. The maximum atomic E-state index is 14.0. The molecule has 1 amide bonds. The van der Waals surface area contributed by atoms with Crippen LogP contribution in [-0.2, 0) is 10.0 Å². The number of carbonyl (C=O) groups excluding carboxylic acids is 1. The van der Waals surface area contributed by atoms with Gasteiger partial charge < -0.3 is 10.2 Å². The Labute approximate surface area is 150 Å². The zero-order valence-electron chi connectivity index (χ0n) is 14.7. The molecule has 0 heterocycles.